The predicted octanol–water partition coefficient (Wildman–Crippen LogP) is 2.60. The lowest BCUT2D eigenvalue weighted by Gasteiger charge is -2.28. The van der Waals surface area contributed by atoms with E-state index in [1.807, 2.05) is 0 Å². The molecule has 4 atom stereocenters. The molecule has 0 aromatic carbocycles. The lowest BCUT2D eigenvalue weighted by atomic mass is 9.80. The third-order valence-corrected chi connectivity index (χ3v) is 3.23. The van der Waals surface area contributed by atoms with Gasteiger partial charge in [-0.05, 0) is 38.0 Å². The Morgan fingerprint density at radius 1 is 1.09 bits per heavy atom. The molecule has 0 N–H and O–H groups in total. The van der Waals surface area contributed by atoms with Crippen molar-refractivity contribution < 1.29 is 4.74 Å². The quantitative estimate of drug-likeness (QED) is 0.521. The second-order valence-corrected chi connectivity index (χ2v) is 4.40. The Balaban J connectivity index is 1.97. The molecule has 0 spiro atoms. The first-order valence-electron chi connectivity index (χ1n) is 4.91. The first kappa shape index (κ1) is 7.60. The summed E-state index contributed by atoms with van der Waals surface area (Å²) < 4.78 is 5.84. The second kappa shape index (κ2) is 2.78. The summed E-state index contributed by atoms with van der Waals surface area (Å²) >= 11 is 0. The van der Waals surface area contributed by atoms with Crippen molar-refractivity contribution >= 4 is 0 Å². The van der Waals surface area contributed by atoms with Crippen LogP contribution < -0.4 is 0 Å². The van der Waals surface area contributed by atoms with Gasteiger partial charge in [0.05, 0.1) is 12.2 Å². The molecule has 1 unspecified atom stereocenters. The summed E-state index contributed by atoms with van der Waals surface area (Å²) in [5.74, 6) is 1.81. The topological polar surface area (TPSA) is 9.23 Å². The zero-order chi connectivity index (χ0) is 7.84. The van der Waals surface area contributed by atoms with E-state index in [-0.39, 0.29) is 0 Å². The number of rotatable bonds is 0. The third kappa shape index (κ3) is 1.44. The summed E-state index contributed by atoms with van der Waals surface area (Å²) in [6.07, 6.45) is 6.63. The van der Waals surface area contributed by atoms with E-state index in [0.29, 0.717) is 12.2 Å². The Hall–Kier alpha value is -0.0400. The van der Waals surface area contributed by atoms with Crippen LogP contribution in [-0.2, 0) is 4.74 Å². The van der Waals surface area contributed by atoms with Crippen molar-refractivity contribution in [1.29, 1.82) is 0 Å². The van der Waals surface area contributed by atoms with E-state index < -0.39 is 0 Å². The van der Waals surface area contributed by atoms with E-state index in [0.717, 1.165) is 11.8 Å². The van der Waals surface area contributed by atoms with Crippen LogP contribution in [0.2, 0.25) is 0 Å². The van der Waals surface area contributed by atoms with Crippen molar-refractivity contribution in [1.82, 2.24) is 0 Å². The minimum atomic E-state index is 0.537. The van der Waals surface area contributed by atoms with E-state index in [9.17, 15) is 0 Å². The van der Waals surface area contributed by atoms with E-state index in [1.54, 1.807) is 0 Å². The SMILES string of the molecule is CC1C[C@@H]2CC[C@@H](C)C[C@H]2O1. The molecule has 1 saturated carbocycles. The Labute approximate surface area is 69.1 Å². The first-order chi connectivity index (χ1) is 5.25. The highest BCUT2D eigenvalue weighted by Gasteiger charge is 2.36. The minimum absolute atomic E-state index is 0.537. The lowest BCUT2D eigenvalue weighted by molar-refractivity contribution is 0.0150. The van der Waals surface area contributed by atoms with Crippen LogP contribution in [0, 0.1) is 11.8 Å². The second-order valence-electron chi connectivity index (χ2n) is 4.40. The Kier molecular flexibility index (Phi) is 1.92. The van der Waals surface area contributed by atoms with Crippen molar-refractivity contribution in [2.45, 2.75) is 51.7 Å². The number of hydrogen-bond donors (Lipinski definition) is 0. The van der Waals surface area contributed by atoms with Gasteiger partial charge < -0.3 is 4.74 Å². The molecule has 2 rings (SSSR count). The van der Waals surface area contributed by atoms with Crippen LogP contribution in [0.3, 0.4) is 0 Å². The van der Waals surface area contributed by atoms with Crippen LogP contribution in [0.25, 0.3) is 0 Å². The van der Waals surface area contributed by atoms with Gasteiger partial charge in [0.15, 0.2) is 0 Å². The molecule has 0 radical (unpaired) electrons. The molecule has 0 amide bonds. The fourth-order valence-electron chi connectivity index (χ4n) is 2.61. The van der Waals surface area contributed by atoms with Gasteiger partial charge in [-0.15, -0.1) is 0 Å². The van der Waals surface area contributed by atoms with Crippen LogP contribution in [0.1, 0.15) is 39.5 Å². The summed E-state index contributed by atoms with van der Waals surface area (Å²) in [6.45, 7) is 4.56. The van der Waals surface area contributed by atoms with Gasteiger partial charge in [0.25, 0.3) is 0 Å². The summed E-state index contributed by atoms with van der Waals surface area (Å²) in [5.41, 5.74) is 0. The van der Waals surface area contributed by atoms with E-state index in [2.05, 4.69) is 13.8 Å². The molecule has 2 aliphatic rings. The van der Waals surface area contributed by atoms with Crippen LogP contribution in [0.5, 0.6) is 0 Å². The molecule has 11 heavy (non-hydrogen) atoms. The van der Waals surface area contributed by atoms with Gasteiger partial charge in [0, 0.05) is 0 Å². The Bertz CT molecular complexity index is 144. The standard InChI is InChI=1S/C10H18O/c1-7-3-4-9-6-8(2)11-10(9)5-7/h7-10H,3-6H2,1-2H3/t7-,8?,9+,10-/m1/s1. The highest BCUT2D eigenvalue weighted by Crippen LogP contribution is 2.39. The van der Waals surface area contributed by atoms with Gasteiger partial charge in [-0.1, -0.05) is 13.3 Å². The molecule has 1 aliphatic heterocycles. The van der Waals surface area contributed by atoms with Crippen LogP contribution in [-0.4, -0.2) is 12.2 Å². The van der Waals surface area contributed by atoms with Gasteiger partial charge in [-0.3, -0.25) is 0 Å². The average Bonchev–Trinajstić information content (AvgIpc) is 2.27. The lowest BCUT2D eigenvalue weighted by Crippen LogP contribution is -2.24. The fraction of sp³-hybridized carbons (Fsp3) is 1.00. The molecule has 64 valence electrons. The smallest absolute Gasteiger partial charge is 0.0610 e. The van der Waals surface area contributed by atoms with Gasteiger partial charge in [-0.25, -0.2) is 0 Å². The van der Waals surface area contributed by atoms with Crippen LogP contribution >= 0.6 is 0 Å². The molecule has 0 bridgehead atoms. The van der Waals surface area contributed by atoms with Crippen LogP contribution in [0.15, 0.2) is 0 Å². The summed E-state index contributed by atoms with van der Waals surface area (Å²) in [4.78, 5) is 0. The molecular weight excluding hydrogens is 136 g/mol. The summed E-state index contributed by atoms with van der Waals surface area (Å²) in [6, 6.07) is 0. The summed E-state index contributed by atoms with van der Waals surface area (Å²) in [7, 11) is 0. The monoisotopic (exact) mass is 154 g/mol. The number of ether oxygens (including phenoxy) is 1. The maximum Gasteiger partial charge on any atom is 0.0610 e. The molecule has 2 fully saturated rings. The first-order valence-corrected chi connectivity index (χ1v) is 4.91. The third-order valence-electron chi connectivity index (χ3n) is 3.23. The number of fused-ring (bicyclic) bond motifs is 1. The summed E-state index contributed by atoms with van der Waals surface area (Å²) in [5, 5.41) is 0. The van der Waals surface area contributed by atoms with Crippen molar-refractivity contribution in [3.05, 3.63) is 0 Å². The highest BCUT2D eigenvalue weighted by atomic mass is 16.5. The van der Waals surface area contributed by atoms with E-state index >= 15 is 0 Å². The van der Waals surface area contributed by atoms with Gasteiger partial charge in [0.1, 0.15) is 0 Å². The van der Waals surface area contributed by atoms with Crippen molar-refractivity contribution in [3.63, 3.8) is 0 Å². The van der Waals surface area contributed by atoms with Crippen LogP contribution in [0.4, 0.5) is 0 Å². The van der Waals surface area contributed by atoms with Crippen molar-refractivity contribution in [2.24, 2.45) is 11.8 Å². The average molecular weight is 154 g/mol. The molecule has 0 aromatic rings. The molecule has 1 heteroatoms. The molecule has 0 aromatic heterocycles. The zero-order valence-electron chi connectivity index (χ0n) is 7.55. The normalized spacial score (nSPS) is 50.7. The Morgan fingerprint density at radius 2 is 1.91 bits per heavy atom. The van der Waals surface area contributed by atoms with E-state index in [4.69, 9.17) is 4.74 Å². The highest BCUT2D eigenvalue weighted by molar-refractivity contribution is 4.85. The molecule has 1 heterocycles. The van der Waals surface area contributed by atoms with Gasteiger partial charge in [0.2, 0.25) is 0 Å². The maximum atomic E-state index is 5.84. The van der Waals surface area contributed by atoms with Crippen molar-refractivity contribution in [3.8, 4) is 0 Å². The minimum Gasteiger partial charge on any atom is -0.375 e. The van der Waals surface area contributed by atoms with Gasteiger partial charge >= 0.3 is 0 Å². The zero-order valence-corrected chi connectivity index (χ0v) is 7.55. The number of hydrogen-bond acceptors (Lipinski definition) is 1. The maximum absolute atomic E-state index is 5.84. The fourth-order valence-corrected chi connectivity index (χ4v) is 2.61. The molecular formula is C10H18O. The van der Waals surface area contributed by atoms with E-state index in [1.165, 1.54) is 25.7 Å². The molecule has 1 saturated heterocycles. The van der Waals surface area contributed by atoms with Crippen molar-refractivity contribution in [2.75, 3.05) is 0 Å². The Morgan fingerprint density at radius 3 is 2.73 bits per heavy atom. The molecule has 1 nitrogen and oxygen atoms in total. The molecule has 1 aliphatic carbocycles. The van der Waals surface area contributed by atoms with Gasteiger partial charge in [-0.2, -0.15) is 0 Å². The largest absolute Gasteiger partial charge is 0.375 e. The predicted molar refractivity (Wildman–Crippen MR) is 45.5 cm³/mol.